The number of aliphatic hydroxyl groups excluding tert-OH is 1. The van der Waals surface area contributed by atoms with Gasteiger partial charge in [0, 0.05) is 5.56 Å². The summed E-state index contributed by atoms with van der Waals surface area (Å²) in [5.74, 6) is -2.28. The molecule has 0 aliphatic carbocycles. The van der Waals surface area contributed by atoms with Crippen molar-refractivity contribution in [3.8, 4) is 6.07 Å². The molecule has 1 aromatic carbocycles. The zero-order chi connectivity index (χ0) is 16.6. The molecule has 0 saturated heterocycles. The second-order valence-electron chi connectivity index (χ2n) is 3.83. The molecule has 1 rings (SSSR count). The van der Waals surface area contributed by atoms with Crippen LogP contribution in [-0.2, 0) is 17.1 Å². The Morgan fingerprint density at radius 2 is 1.48 bits per heavy atom. The summed E-state index contributed by atoms with van der Waals surface area (Å²) in [4.78, 5) is 10.6. The molecule has 0 spiro atoms. The van der Waals surface area contributed by atoms with Crippen molar-refractivity contribution in [2.24, 2.45) is 0 Å². The molecule has 1 aromatic rings. The summed E-state index contributed by atoms with van der Waals surface area (Å²) >= 11 is 0. The van der Waals surface area contributed by atoms with Crippen LogP contribution >= 0.6 is 0 Å². The van der Waals surface area contributed by atoms with Crippen LogP contribution < -0.4 is 0 Å². The standard InChI is InChI=1S/C11H5F6NO3/c12-10(13,14)5-1-4(3-18)2-6(11(15,16)17)7(5)8(19)9(20)21/h1-2,8,19H,(H,20,21). The van der Waals surface area contributed by atoms with Crippen molar-refractivity contribution in [1.29, 1.82) is 5.26 Å². The Morgan fingerprint density at radius 3 is 1.71 bits per heavy atom. The summed E-state index contributed by atoms with van der Waals surface area (Å²) in [6, 6.07) is 1.22. The predicted octanol–water partition coefficient (Wildman–Crippen LogP) is 2.71. The zero-order valence-electron chi connectivity index (χ0n) is 9.75. The smallest absolute Gasteiger partial charge is 0.416 e. The average Bonchev–Trinajstić information content (AvgIpc) is 2.33. The van der Waals surface area contributed by atoms with Gasteiger partial charge in [-0.1, -0.05) is 0 Å². The summed E-state index contributed by atoms with van der Waals surface area (Å²) in [6.07, 6.45) is -13.8. The van der Waals surface area contributed by atoms with Crippen LogP contribution in [0.15, 0.2) is 12.1 Å². The Kier molecular flexibility index (Phi) is 4.19. The third-order valence-electron chi connectivity index (χ3n) is 2.43. The first-order valence-corrected chi connectivity index (χ1v) is 5.03. The minimum absolute atomic E-state index is 0.0523. The molecule has 10 heteroatoms. The van der Waals surface area contributed by atoms with Gasteiger partial charge in [0.05, 0.1) is 22.8 Å². The second kappa shape index (κ2) is 5.25. The van der Waals surface area contributed by atoms with Gasteiger partial charge in [0.1, 0.15) is 0 Å². The van der Waals surface area contributed by atoms with Crippen LogP contribution in [0, 0.1) is 11.3 Å². The fourth-order valence-electron chi connectivity index (χ4n) is 1.60. The first-order chi connectivity index (χ1) is 9.39. The molecule has 0 aromatic heterocycles. The van der Waals surface area contributed by atoms with Gasteiger partial charge in [0.15, 0.2) is 6.10 Å². The van der Waals surface area contributed by atoms with Crippen LogP contribution in [-0.4, -0.2) is 16.2 Å². The molecule has 0 fully saturated rings. The molecule has 2 N–H and O–H groups in total. The molecule has 0 heterocycles. The average molecular weight is 313 g/mol. The molecular weight excluding hydrogens is 308 g/mol. The Hall–Kier alpha value is -2.28. The number of aliphatic hydroxyl groups is 1. The van der Waals surface area contributed by atoms with Crippen LogP contribution in [0.1, 0.15) is 28.4 Å². The van der Waals surface area contributed by atoms with E-state index < -0.39 is 46.7 Å². The van der Waals surface area contributed by atoms with Crippen molar-refractivity contribution in [3.63, 3.8) is 0 Å². The molecule has 0 bridgehead atoms. The van der Waals surface area contributed by atoms with Crippen molar-refractivity contribution >= 4 is 5.97 Å². The van der Waals surface area contributed by atoms with E-state index in [4.69, 9.17) is 15.5 Å². The SMILES string of the molecule is N#Cc1cc(C(F)(F)F)c(C(O)C(=O)O)c(C(F)(F)F)c1. The predicted molar refractivity (Wildman–Crippen MR) is 53.8 cm³/mol. The molecule has 0 aliphatic rings. The van der Waals surface area contributed by atoms with Gasteiger partial charge in [-0.05, 0) is 12.1 Å². The number of nitrogens with zero attached hydrogens (tertiary/aromatic N) is 1. The Labute approximate surface area is 112 Å². The Balaban J connectivity index is 3.86. The summed E-state index contributed by atoms with van der Waals surface area (Å²) < 4.78 is 76.7. The molecule has 1 unspecified atom stereocenters. The summed E-state index contributed by atoms with van der Waals surface area (Å²) in [5.41, 5.74) is -6.86. The quantitative estimate of drug-likeness (QED) is 0.823. The summed E-state index contributed by atoms with van der Waals surface area (Å²) in [6.45, 7) is 0. The van der Waals surface area contributed by atoms with E-state index in [9.17, 15) is 31.1 Å². The third kappa shape index (κ3) is 3.43. The van der Waals surface area contributed by atoms with E-state index in [1.165, 1.54) is 0 Å². The molecule has 4 nitrogen and oxygen atoms in total. The van der Waals surface area contributed by atoms with E-state index in [1.807, 2.05) is 0 Å². The lowest BCUT2D eigenvalue weighted by atomic mass is 9.93. The molecular formula is C11H5F6NO3. The molecule has 0 radical (unpaired) electrons. The number of nitriles is 1. The van der Waals surface area contributed by atoms with Crippen LogP contribution in [0.4, 0.5) is 26.3 Å². The van der Waals surface area contributed by atoms with Crippen molar-refractivity contribution in [2.45, 2.75) is 18.5 Å². The van der Waals surface area contributed by atoms with Gasteiger partial charge >= 0.3 is 18.3 Å². The Morgan fingerprint density at radius 1 is 1.10 bits per heavy atom. The van der Waals surface area contributed by atoms with Crippen molar-refractivity contribution in [2.75, 3.05) is 0 Å². The topological polar surface area (TPSA) is 81.3 Å². The first kappa shape index (κ1) is 16.8. The van der Waals surface area contributed by atoms with E-state index in [2.05, 4.69) is 0 Å². The van der Waals surface area contributed by atoms with Gasteiger partial charge in [0.2, 0.25) is 0 Å². The molecule has 0 saturated carbocycles. The highest BCUT2D eigenvalue weighted by molar-refractivity contribution is 5.76. The maximum atomic E-state index is 12.8. The van der Waals surface area contributed by atoms with E-state index >= 15 is 0 Å². The van der Waals surface area contributed by atoms with Crippen LogP contribution in [0.3, 0.4) is 0 Å². The largest absolute Gasteiger partial charge is 0.479 e. The molecule has 21 heavy (non-hydrogen) atoms. The molecule has 1 atom stereocenters. The van der Waals surface area contributed by atoms with Crippen LogP contribution in [0.2, 0.25) is 0 Å². The zero-order valence-corrected chi connectivity index (χ0v) is 9.75. The number of aliphatic carboxylic acids is 1. The number of benzene rings is 1. The van der Waals surface area contributed by atoms with Gasteiger partial charge < -0.3 is 10.2 Å². The number of alkyl halides is 6. The van der Waals surface area contributed by atoms with Crippen LogP contribution in [0.25, 0.3) is 0 Å². The number of rotatable bonds is 2. The van der Waals surface area contributed by atoms with Crippen molar-refractivity contribution in [3.05, 3.63) is 34.4 Å². The van der Waals surface area contributed by atoms with E-state index in [0.29, 0.717) is 0 Å². The minimum atomic E-state index is -5.38. The summed E-state index contributed by atoms with van der Waals surface area (Å²) in [7, 11) is 0. The second-order valence-corrected chi connectivity index (χ2v) is 3.83. The molecule has 0 amide bonds. The fourth-order valence-corrected chi connectivity index (χ4v) is 1.60. The van der Waals surface area contributed by atoms with E-state index in [0.717, 1.165) is 6.07 Å². The molecule has 114 valence electrons. The highest BCUT2D eigenvalue weighted by atomic mass is 19.4. The highest BCUT2D eigenvalue weighted by Gasteiger charge is 2.44. The highest BCUT2D eigenvalue weighted by Crippen LogP contribution is 2.42. The number of hydrogen-bond acceptors (Lipinski definition) is 3. The fraction of sp³-hybridized carbons (Fsp3) is 0.273. The normalized spacial score (nSPS) is 13.6. The van der Waals surface area contributed by atoms with Crippen LogP contribution in [0.5, 0.6) is 0 Å². The third-order valence-corrected chi connectivity index (χ3v) is 2.43. The first-order valence-electron chi connectivity index (χ1n) is 5.03. The Bertz CT molecular complexity index is 579. The van der Waals surface area contributed by atoms with Gasteiger partial charge in [-0.2, -0.15) is 31.6 Å². The van der Waals surface area contributed by atoms with Gasteiger partial charge in [-0.25, -0.2) is 4.79 Å². The molecule has 0 aliphatic heterocycles. The number of halogens is 6. The van der Waals surface area contributed by atoms with Gasteiger partial charge in [0.25, 0.3) is 0 Å². The number of carboxylic acid groups (broad SMARTS) is 1. The maximum absolute atomic E-state index is 12.8. The van der Waals surface area contributed by atoms with Crippen molar-refractivity contribution < 1.29 is 41.4 Å². The lowest BCUT2D eigenvalue weighted by Crippen LogP contribution is -2.23. The van der Waals surface area contributed by atoms with Gasteiger partial charge in [-0.3, -0.25) is 0 Å². The number of carbonyl (C=O) groups is 1. The van der Waals surface area contributed by atoms with E-state index in [-0.39, 0.29) is 12.1 Å². The van der Waals surface area contributed by atoms with E-state index in [1.54, 1.807) is 0 Å². The van der Waals surface area contributed by atoms with Gasteiger partial charge in [-0.15, -0.1) is 0 Å². The number of hydrogen-bond donors (Lipinski definition) is 2. The lowest BCUT2D eigenvalue weighted by molar-refractivity contribution is -0.153. The monoisotopic (exact) mass is 313 g/mol. The number of carboxylic acids is 1. The maximum Gasteiger partial charge on any atom is 0.416 e. The lowest BCUT2D eigenvalue weighted by Gasteiger charge is -2.20. The minimum Gasteiger partial charge on any atom is -0.479 e. The van der Waals surface area contributed by atoms with Crippen molar-refractivity contribution in [1.82, 2.24) is 0 Å². The summed E-state index contributed by atoms with van der Waals surface area (Å²) in [5, 5.41) is 26.2.